The van der Waals surface area contributed by atoms with Crippen LogP contribution >= 0.6 is 0 Å². The zero-order valence-corrected chi connectivity index (χ0v) is 14.3. The van der Waals surface area contributed by atoms with Gasteiger partial charge in [0.05, 0.1) is 6.54 Å². The minimum absolute atomic E-state index is 0.176. The van der Waals surface area contributed by atoms with Gasteiger partial charge in [-0.1, -0.05) is 30.3 Å². The number of amides is 1. The molecule has 4 nitrogen and oxygen atoms in total. The van der Waals surface area contributed by atoms with Gasteiger partial charge < -0.3 is 10.2 Å². The Balaban J connectivity index is 2.06. The number of carbonyl (C=O) groups is 1. The lowest BCUT2D eigenvalue weighted by Gasteiger charge is -2.39. The molecule has 122 valence electrons. The normalized spacial score (nSPS) is 19.9. The lowest BCUT2D eigenvalue weighted by atomic mass is 10.0. The number of nitrogens with one attached hydrogen (secondary N) is 1. The Bertz CT molecular complexity index is 481. The highest BCUT2D eigenvalue weighted by Gasteiger charge is 2.29. The Morgan fingerprint density at radius 3 is 2.59 bits per heavy atom. The van der Waals surface area contributed by atoms with Gasteiger partial charge in [-0.3, -0.25) is 9.69 Å². The summed E-state index contributed by atoms with van der Waals surface area (Å²) in [6, 6.07) is 10.6. The van der Waals surface area contributed by atoms with Crippen LogP contribution in [0.3, 0.4) is 0 Å². The van der Waals surface area contributed by atoms with Gasteiger partial charge in [0.1, 0.15) is 0 Å². The third-order valence-corrected chi connectivity index (χ3v) is 4.27. The van der Waals surface area contributed by atoms with Crippen LogP contribution in [0.4, 0.5) is 0 Å². The Kier molecular flexibility index (Phi) is 5.59. The molecule has 1 N–H and O–H groups in total. The molecule has 0 aliphatic carbocycles. The van der Waals surface area contributed by atoms with E-state index in [1.807, 2.05) is 23.1 Å². The van der Waals surface area contributed by atoms with Crippen LogP contribution in [0, 0.1) is 0 Å². The van der Waals surface area contributed by atoms with Gasteiger partial charge in [-0.25, -0.2) is 0 Å². The minimum atomic E-state index is -0.176. The van der Waals surface area contributed by atoms with E-state index in [2.05, 4.69) is 50.0 Å². The first kappa shape index (κ1) is 17.0. The van der Waals surface area contributed by atoms with Crippen molar-refractivity contribution in [1.82, 2.24) is 15.1 Å². The quantitative estimate of drug-likeness (QED) is 0.925. The SMILES string of the molecule is C[C@@H]1CNCCN1CC(=O)N(Cc1ccccc1)C(C)(C)C. The van der Waals surface area contributed by atoms with Gasteiger partial charge in [0.15, 0.2) is 0 Å². The number of benzene rings is 1. The van der Waals surface area contributed by atoms with Crippen LogP contribution in [0.1, 0.15) is 33.3 Å². The fraction of sp³-hybridized carbons (Fsp3) is 0.611. The van der Waals surface area contributed by atoms with Crippen molar-refractivity contribution >= 4 is 5.91 Å². The molecule has 2 rings (SSSR count). The summed E-state index contributed by atoms with van der Waals surface area (Å²) in [5.41, 5.74) is 1.00. The third-order valence-electron chi connectivity index (χ3n) is 4.27. The molecule has 0 unspecified atom stereocenters. The molecule has 1 atom stereocenters. The summed E-state index contributed by atoms with van der Waals surface area (Å²) in [5, 5.41) is 3.37. The standard InChI is InChI=1S/C18H29N3O/c1-15-12-19-10-11-20(15)14-17(22)21(18(2,3)4)13-16-8-6-5-7-9-16/h5-9,15,19H,10-14H2,1-4H3/t15-/m1/s1. The monoisotopic (exact) mass is 303 g/mol. The zero-order valence-electron chi connectivity index (χ0n) is 14.3. The Morgan fingerprint density at radius 2 is 2.00 bits per heavy atom. The summed E-state index contributed by atoms with van der Waals surface area (Å²) in [6.07, 6.45) is 0. The molecule has 0 spiro atoms. The first-order valence-corrected chi connectivity index (χ1v) is 8.17. The van der Waals surface area contributed by atoms with Gasteiger partial charge in [0.2, 0.25) is 5.91 Å². The molecule has 1 aromatic carbocycles. The average molecular weight is 303 g/mol. The first-order chi connectivity index (χ1) is 10.4. The second kappa shape index (κ2) is 7.25. The van der Waals surface area contributed by atoms with Crippen molar-refractivity contribution in [3.8, 4) is 0 Å². The van der Waals surface area contributed by atoms with Crippen molar-refractivity contribution in [2.45, 2.75) is 45.8 Å². The van der Waals surface area contributed by atoms with Gasteiger partial charge in [-0.2, -0.15) is 0 Å². The van der Waals surface area contributed by atoms with Crippen LogP contribution in [-0.4, -0.2) is 53.5 Å². The number of nitrogens with zero attached hydrogens (tertiary/aromatic N) is 2. The smallest absolute Gasteiger partial charge is 0.237 e. The highest BCUT2D eigenvalue weighted by Crippen LogP contribution is 2.18. The van der Waals surface area contributed by atoms with Gasteiger partial charge in [0.25, 0.3) is 0 Å². The van der Waals surface area contributed by atoms with Crippen LogP contribution in [0.5, 0.6) is 0 Å². The Labute approximate surface area is 134 Å². The van der Waals surface area contributed by atoms with Crippen molar-refractivity contribution in [3.63, 3.8) is 0 Å². The van der Waals surface area contributed by atoms with Gasteiger partial charge in [0, 0.05) is 37.8 Å². The summed E-state index contributed by atoms with van der Waals surface area (Å²) in [6.45, 7) is 12.5. The number of carbonyl (C=O) groups excluding carboxylic acids is 1. The zero-order chi connectivity index (χ0) is 16.2. The van der Waals surface area contributed by atoms with Gasteiger partial charge in [-0.05, 0) is 33.3 Å². The average Bonchev–Trinajstić information content (AvgIpc) is 2.47. The molecule has 1 aliphatic heterocycles. The molecule has 1 fully saturated rings. The second-order valence-corrected chi connectivity index (χ2v) is 7.16. The summed E-state index contributed by atoms with van der Waals surface area (Å²) in [7, 11) is 0. The molecule has 22 heavy (non-hydrogen) atoms. The lowest BCUT2D eigenvalue weighted by molar-refractivity contribution is -0.138. The van der Waals surface area contributed by atoms with E-state index in [0.29, 0.717) is 19.1 Å². The van der Waals surface area contributed by atoms with E-state index < -0.39 is 0 Å². The summed E-state index contributed by atoms with van der Waals surface area (Å²) in [4.78, 5) is 17.1. The predicted octanol–water partition coefficient (Wildman–Crippen LogP) is 2.11. The Morgan fingerprint density at radius 1 is 1.32 bits per heavy atom. The van der Waals surface area contributed by atoms with Crippen molar-refractivity contribution in [2.75, 3.05) is 26.2 Å². The van der Waals surface area contributed by atoms with E-state index >= 15 is 0 Å². The maximum absolute atomic E-state index is 12.9. The number of rotatable bonds is 4. The number of hydrogen-bond acceptors (Lipinski definition) is 3. The molecule has 4 heteroatoms. The summed E-state index contributed by atoms with van der Waals surface area (Å²) < 4.78 is 0. The van der Waals surface area contributed by atoms with Crippen LogP contribution in [0.15, 0.2) is 30.3 Å². The highest BCUT2D eigenvalue weighted by atomic mass is 16.2. The molecule has 1 aromatic rings. The number of piperazine rings is 1. The van der Waals surface area contributed by atoms with Crippen molar-refractivity contribution in [3.05, 3.63) is 35.9 Å². The lowest BCUT2D eigenvalue weighted by Crippen LogP contribution is -2.55. The van der Waals surface area contributed by atoms with Crippen LogP contribution in [0.25, 0.3) is 0 Å². The molecule has 1 amide bonds. The molecule has 0 aromatic heterocycles. The van der Waals surface area contributed by atoms with Gasteiger partial charge in [-0.15, -0.1) is 0 Å². The van der Waals surface area contributed by atoms with Crippen LogP contribution in [-0.2, 0) is 11.3 Å². The molecule has 1 heterocycles. The summed E-state index contributed by atoms with van der Waals surface area (Å²) in [5.74, 6) is 0.213. The highest BCUT2D eigenvalue weighted by molar-refractivity contribution is 5.79. The fourth-order valence-electron chi connectivity index (χ4n) is 2.84. The number of hydrogen-bond donors (Lipinski definition) is 1. The molecule has 0 radical (unpaired) electrons. The summed E-state index contributed by atoms with van der Waals surface area (Å²) >= 11 is 0. The predicted molar refractivity (Wildman–Crippen MR) is 90.6 cm³/mol. The van der Waals surface area contributed by atoms with E-state index in [1.165, 1.54) is 5.56 Å². The molecular weight excluding hydrogens is 274 g/mol. The molecular formula is C18H29N3O. The maximum atomic E-state index is 12.9. The maximum Gasteiger partial charge on any atom is 0.237 e. The van der Waals surface area contributed by atoms with Crippen molar-refractivity contribution in [2.24, 2.45) is 0 Å². The first-order valence-electron chi connectivity index (χ1n) is 8.17. The molecule has 1 saturated heterocycles. The van der Waals surface area contributed by atoms with Crippen LogP contribution in [0.2, 0.25) is 0 Å². The largest absolute Gasteiger partial charge is 0.332 e. The third kappa shape index (κ3) is 4.55. The van der Waals surface area contributed by atoms with Gasteiger partial charge >= 0.3 is 0 Å². The fourth-order valence-corrected chi connectivity index (χ4v) is 2.84. The molecule has 0 saturated carbocycles. The van der Waals surface area contributed by atoms with Crippen molar-refractivity contribution in [1.29, 1.82) is 0 Å². The Hall–Kier alpha value is -1.39. The molecule has 0 bridgehead atoms. The minimum Gasteiger partial charge on any atom is -0.332 e. The van der Waals surface area contributed by atoms with Crippen molar-refractivity contribution < 1.29 is 4.79 Å². The van der Waals surface area contributed by atoms with E-state index in [-0.39, 0.29) is 11.4 Å². The van der Waals surface area contributed by atoms with E-state index in [1.54, 1.807) is 0 Å². The van der Waals surface area contributed by atoms with E-state index in [0.717, 1.165) is 19.6 Å². The topological polar surface area (TPSA) is 35.6 Å². The van der Waals surface area contributed by atoms with E-state index in [4.69, 9.17) is 0 Å². The second-order valence-electron chi connectivity index (χ2n) is 7.16. The van der Waals surface area contributed by atoms with Crippen LogP contribution < -0.4 is 5.32 Å². The van der Waals surface area contributed by atoms with E-state index in [9.17, 15) is 4.79 Å². The molecule has 1 aliphatic rings.